The van der Waals surface area contributed by atoms with Crippen molar-refractivity contribution in [3.63, 3.8) is 0 Å². The van der Waals surface area contributed by atoms with Gasteiger partial charge in [0.2, 0.25) is 11.8 Å². The van der Waals surface area contributed by atoms with E-state index in [9.17, 15) is 19.2 Å². The van der Waals surface area contributed by atoms with E-state index in [2.05, 4.69) is 5.32 Å². The molecular weight excluding hydrogens is 360 g/mol. The number of carbonyl (C=O) groups is 4. The Bertz CT molecular complexity index is 819. The topological polar surface area (TPSA) is 92.8 Å². The first kappa shape index (κ1) is 19.8. The maximum absolute atomic E-state index is 12.3. The molecular formula is C21H24N2O5. The normalized spacial score (nSPS) is 20.9. The van der Waals surface area contributed by atoms with Crippen LogP contribution in [0.25, 0.3) is 0 Å². The quantitative estimate of drug-likeness (QED) is 0.461. The predicted molar refractivity (Wildman–Crippen MR) is 102 cm³/mol. The van der Waals surface area contributed by atoms with Gasteiger partial charge in [0.1, 0.15) is 0 Å². The number of nitrogens with zero attached hydrogens (tertiary/aromatic N) is 1. The lowest BCUT2D eigenvalue weighted by Crippen LogP contribution is -2.33. The van der Waals surface area contributed by atoms with Gasteiger partial charge < -0.3 is 10.1 Å². The van der Waals surface area contributed by atoms with Crippen molar-refractivity contribution in [1.29, 1.82) is 0 Å². The fourth-order valence-corrected chi connectivity index (χ4v) is 3.58. The molecule has 0 bridgehead atoms. The molecule has 3 amide bonds. The summed E-state index contributed by atoms with van der Waals surface area (Å²) in [5.74, 6) is -2.12. The summed E-state index contributed by atoms with van der Waals surface area (Å²) in [6, 6.07) is 5.56. The number of allylic oxidation sites excluding steroid dienone is 2. The number of imide groups is 1. The average molecular weight is 384 g/mol. The highest BCUT2D eigenvalue weighted by atomic mass is 16.5. The lowest BCUT2D eigenvalue weighted by atomic mass is 9.85. The smallest absolute Gasteiger partial charge is 0.308 e. The van der Waals surface area contributed by atoms with E-state index < -0.39 is 18.5 Å². The van der Waals surface area contributed by atoms with Crippen molar-refractivity contribution in [2.75, 3.05) is 18.5 Å². The number of carbonyl (C=O) groups excluding carboxylic acids is 4. The van der Waals surface area contributed by atoms with E-state index in [0.29, 0.717) is 18.5 Å². The number of nitrogens with one attached hydrogen (secondary N) is 1. The fraction of sp³-hybridized carbons (Fsp3) is 0.429. The Morgan fingerprint density at radius 1 is 1.11 bits per heavy atom. The van der Waals surface area contributed by atoms with Crippen molar-refractivity contribution in [3.8, 4) is 0 Å². The average Bonchev–Trinajstić information content (AvgIpc) is 2.93. The van der Waals surface area contributed by atoms with E-state index in [1.165, 1.54) is 0 Å². The first-order chi connectivity index (χ1) is 13.4. The number of amides is 3. The molecule has 0 saturated carbocycles. The van der Waals surface area contributed by atoms with Gasteiger partial charge in [0.05, 0.1) is 18.3 Å². The number of anilines is 1. The van der Waals surface area contributed by atoms with Crippen molar-refractivity contribution in [3.05, 3.63) is 41.5 Å². The van der Waals surface area contributed by atoms with Crippen molar-refractivity contribution in [1.82, 2.24) is 4.90 Å². The second-order valence-corrected chi connectivity index (χ2v) is 7.19. The highest BCUT2D eigenvalue weighted by Crippen LogP contribution is 2.35. The number of benzene rings is 1. The van der Waals surface area contributed by atoms with Crippen LogP contribution in [0.5, 0.6) is 0 Å². The molecule has 7 nitrogen and oxygen atoms in total. The molecule has 1 aromatic rings. The fourth-order valence-electron chi connectivity index (χ4n) is 3.58. The van der Waals surface area contributed by atoms with Crippen LogP contribution in [0.4, 0.5) is 5.69 Å². The summed E-state index contributed by atoms with van der Waals surface area (Å²) in [6.07, 6.45) is 4.84. The van der Waals surface area contributed by atoms with Crippen LogP contribution in [-0.4, -0.2) is 41.7 Å². The Balaban J connectivity index is 1.45. The minimum absolute atomic E-state index is 0.0118. The molecule has 28 heavy (non-hydrogen) atoms. The van der Waals surface area contributed by atoms with Gasteiger partial charge in [-0.15, -0.1) is 0 Å². The summed E-state index contributed by atoms with van der Waals surface area (Å²) >= 11 is 0. The van der Waals surface area contributed by atoms with Crippen molar-refractivity contribution in [2.45, 2.75) is 33.1 Å². The largest absolute Gasteiger partial charge is 0.456 e. The predicted octanol–water partition coefficient (Wildman–Crippen LogP) is 2.13. The number of fused-ring (bicyclic) bond motifs is 1. The Labute approximate surface area is 163 Å². The number of ether oxygens (including phenoxy) is 1. The summed E-state index contributed by atoms with van der Waals surface area (Å²) in [5, 5.41) is 2.71. The first-order valence-electron chi connectivity index (χ1n) is 9.40. The molecule has 1 N–H and O–H groups in total. The van der Waals surface area contributed by atoms with E-state index in [-0.39, 0.29) is 36.6 Å². The monoisotopic (exact) mass is 384 g/mol. The molecule has 2 aliphatic rings. The van der Waals surface area contributed by atoms with Crippen LogP contribution in [-0.2, 0) is 23.9 Å². The molecule has 0 unspecified atom stereocenters. The van der Waals surface area contributed by atoms with Gasteiger partial charge in [-0.05, 0) is 43.9 Å². The molecule has 148 valence electrons. The van der Waals surface area contributed by atoms with Gasteiger partial charge in [-0.1, -0.05) is 24.3 Å². The first-order valence-corrected chi connectivity index (χ1v) is 9.40. The molecule has 3 rings (SSSR count). The molecule has 0 radical (unpaired) electrons. The minimum atomic E-state index is -0.621. The Morgan fingerprint density at radius 3 is 2.39 bits per heavy atom. The summed E-state index contributed by atoms with van der Waals surface area (Å²) in [7, 11) is 0. The number of hydrogen-bond donors (Lipinski definition) is 1. The zero-order chi connectivity index (χ0) is 20.3. The summed E-state index contributed by atoms with van der Waals surface area (Å²) in [4.78, 5) is 49.8. The molecule has 1 aromatic carbocycles. The highest BCUT2D eigenvalue weighted by Gasteiger charge is 2.46. The molecule has 0 spiro atoms. The lowest BCUT2D eigenvalue weighted by molar-refractivity contribution is -0.148. The van der Waals surface area contributed by atoms with Gasteiger partial charge >= 0.3 is 5.97 Å². The molecule has 1 fully saturated rings. The summed E-state index contributed by atoms with van der Waals surface area (Å²) in [5.41, 5.74) is 2.67. The van der Waals surface area contributed by atoms with Crippen molar-refractivity contribution < 1.29 is 23.9 Å². The summed E-state index contributed by atoms with van der Waals surface area (Å²) in [6.45, 7) is 3.41. The van der Waals surface area contributed by atoms with Gasteiger partial charge in [0.15, 0.2) is 6.61 Å². The van der Waals surface area contributed by atoms with E-state index in [1.54, 1.807) is 6.07 Å². The highest BCUT2D eigenvalue weighted by molar-refractivity contribution is 6.05. The van der Waals surface area contributed by atoms with Crippen molar-refractivity contribution >= 4 is 29.4 Å². The SMILES string of the molecule is Cc1cccc(NC(=O)COC(=O)CCN2C(=O)[C@H]3CC=CC[C@H]3C2=O)c1C. The molecule has 1 saturated heterocycles. The maximum Gasteiger partial charge on any atom is 0.308 e. The van der Waals surface area contributed by atoms with Gasteiger partial charge in [-0.25, -0.2) is 0 Å². The van der Waals surface area contributed by atoms with Crippen LogP contribution in [0.2, 0.25) is 0 Å². The Kier molecular flexibility index (Phi) is 5.92. The van der Waals surface area contributed by atoms with Gasteiger partial charge in [0, 0.05) is 12.2 Å². The lowest BCUT2D eigenvalue weighted by Gasteiger charge is -2.14. The molecule has 1 heterocycles. The number of esters is 1. The second kappa shape index (κ2) is 8.37. The van der Waals surface area contributed by atoms with E-state index in [1.807, 2.05) is 38.1 Å². The third kappa shape index (κ3) is 4.13. The molecule has 7 heteroatoms. The van der Waals surface area contributed by atoms with Crippen LogP contribution in [0, 0.1) is 25.7 Å². The van der Waals surface area contributed by atoms with E-state index in [4.69, 9.17) is 4.74 Å². The number of aryl methyl sites for hydroxylation is 1. The van der Waals surface area contributed by atoms with Crippen LogP contribution in [0.1, 0.15) is 30.4 Å². The summed E-state index contributed by atoms with van der Waals surface area (Å²) < 4.78 is 4.98. The third-order valence-corrected chi connectivity index (χ3v) is 5.38. The van der Waals surface area contributed by atoms with Gasteiger partial charge in [-0.2, -0.15) is 0 Å². The van der Waals surface area contributed by atoms with Crippen LogP contribution in [0.3, 0.4) is 0 Å². The second-order valence-electron chi connectivity index (χ2n) is 7.19. The van der Waals surface area contributed by atoms with Crippen LogP contribution >= 0.6 is 0 Å². The number of hydrogen-bond acceptors (Lipinski definition) is 5. The number of rotatable bonds is 6. The zero-order valence-corrected chi connectivity index (χ0v) is 16.1. The van der Waals surface area contributed by atoms with Gasteiger partial charge in [-0.3, -0.25) is 24.1 Å². The Hall–Kier alpha value is -2.96. The van der Waals surface area contributed by atoms with Gasteiger partial charge in [0.25, 0.3) is 5.91 Å². The van der Waals surface area contributed by atoms with Crippen LogP contribution < -0.4 is 5.32 Å². The zero-order valence-electron chi connectivity index (χ0n) is 16.1. The maximum atomic E-state index is 12.3. The number of likely N-dealkylation sites (tertiary alicyclic amines) is 1. The standard InChI is InChI=1S/C21H24N2O5/c1-13-6-5-9-17(14(13)2)22-18(24)12-28-19(25)10-11-23-20(26)15-7-3-4-8-16(15)21(23)27/h3-6,9,15-16H,7-8,10-12H2,1-2H3,(H,22,24)/t15-,16+. The molecule has 1 aliphatic carbocycles. The minimum Gasteiger partial charge on any atom is -0.456 e. The third-order valence-electron chi connectivity index (χ3n) is 5.38. The van der Waals surface area contributed by atoms with E-state index >= 15 is 0 Å². The molecule has 0 aromatic heterocycles. The Morgan fingerprint density at radius 2 is 1.75 bits per heavy atom. The van der Waals surface area contributed by atoms with Crippen molar-refractivity contribution in [2.24, 2.45) is 11.8 Å². The van der Waals surface area contributed by atoms with Crippen LogP contribution in [0.15, 0.2) is 30.4 Å². The molecule has 1 aliphatic heterocycles. The molecule has 2 atom stereocenters. The van der Waals surface area contributed by atoms with E-state index in [0.717, 1.165) is 16.0 Å².